The molecule has 27 heavy (non-hydrogen) atoms. The molecular formula is C18H30IN7O. The average molecular weight is 487 g/mol. The third kappa shape index (κ3) is 5.91. The molecule has 9 heteroatoms. The van der Waals surface area contributed by atoms with E-state index in [2.05, 4.69) is 49.4 Å². The quantitative estimate of drug-likeness (QED) is 0.370. The maximum absolute atomic E-state index is 5.34. The van der Waals surface area contributed by atoms with E-state index < -0.39 is 0 Å². The minimum absolute atomic E-state index is 0. The van der Waals surface area contributed by atoms with Crippen molar-refractivity contribution >= 4 is 29.9 Å². The zero-order valence-corrected chi connectivity index (χ0v) is 18.7. The normalized spacial score (nSPS) is 14.4. The first-order valence-electron chi connectivity index (χ1n) is 9.48. The van der Waals surface area contributed by atoms with Gasteiger partial charge in [-0.2, -0.15) is 0 Å². The van der Waals surface area contributed by atoms with Crippen LogP contribution in [0.4, 0.5) is 0 Å². The van der Waals surface area contributed by atoms with Crippen LogP contribution < -0.4 is 10.6 Å². The highest BCUT2D eigenvalue weighted by atomic mass is 127. The van der Waals surface area contributed by atoms with Crippen LogP contribution in [0.1, 0.15) is 62.1 Å². The fourth-order valence-corrected chi connectivity index (χ4v) is 3.10. The van der Waals surface area contributed by atoms with Gasteiger partial charge in [-0.05, 0) is 18.8 Å². The van der Waals surface area contributed by atoms with E-state index in [9.17, 15) is 0 Å². The van der Waals surface area contributed by atoms with Gasteiger partial charge >= 0.3 is 0 Å². The lowest BCUT2D eigenvalue weighted by molar-refractivity contribution is 0.372. The maximum Gasteiger partial charge on any atom is 0.191 e. The lowest BCUT2D eigenvalue weighted by Crippen LogP contribution is -2.38. The second-order valence-electron chi connectivity index (χ2n) is 6.97. The van der Waals surface area contributed by atoms with Crippen molar-refractivity contribution in [3.63, 3.8) is 0 Å². The summed E-state index contributed by atoms with van der Waals surface area (Å²) in [6.07, 6.45) is 5.57. The number of aromatic nitrogens is 4. The van der Waals surface area contributed by atoms with E-state index in [1.807, 2.05) is 6.07 Å². The summed E-state index contributed by atoms with van der Waals surface area (Å²) < 4.78 is 7.63. The van der Waals surface area contributed by atoms with Gasteiger partial charge in [0.05, 0.1) is 12.2 Å². The highest BCUT2D eigenvalue weighted by molar-refractivity contribution is 14.0. The standard InChI is InChI=1S/C18H29N7O.HI/c1-13(2)15-11-14(26-24-15)12-21-18(19-3)20-9-8-17-23-22-16-7-5-4-6-10-25(16)17;/h11,13H,4-10,12H2,1-3H3,(H2,19,20,21);1H. The molecule has 0 unspecified atom stereocenters. The fraction of sp³-hybridized carbons (Fsp3) is 0.667. The summed E-state index contributed by atoms with van der Waals surface area (Å²) in [4.78, 5) is 4.26. The molecule has 0 radical (unpaired) electrons. The molecule has 0 spiro atoms. The summed E-state index contributed by atoms with van der Waals surface area (Å²) in [5.74, 6) is 4.10. The number of aryl methyl sites for hydroxylation is 1. The Hall–Kier alpha value is -1.65. The second kappa shape index (κ2) is 10.6. The molecule has 0 fully saturated rings. The van der Waals surface area contributed by atoms with Crippen molar-refractivity contribution < 1.29 is 4.52 Å². The lowest BCUT2D eigenvalue weighted by atomic mass is 10.1. The van der Waals surface area contributed by atoms with Crippen molar-refractivity contribution in [2.24, 2.45) is 4.99 Å². The van der Waals surface area contributed by atoms with Crippen molar-refractivity contribution in [1.82, 2.24) is 30.6 Å². The van der Waals surface area contributed by atoms with E-state index in [4.69, 9.17) is 4.52 Å². The molecule has 1 aliphatic heterocycles. The van der Waals surface area contributed by atoms with E-state index in [0.717, 1.165) is 55.0 Å². The summed E-state index contributed by atoms with van der Waals surface area (Å²) in [6.45, 7) is 6.54. The number of rotatable bonds is 6. The van der Waals surface area contributed by atoms with Gasteiger partial charge in [-0.1, -0.05) is 25.4 Å². The number of hydrogen-bond donors (Lipinski definition) is 2. The molecule has 0 saturated heterocycles. The smallest absolute Gasteiger partial charge is 0.191 e. The van der Waals surface area contributed by atoms with Gasteiger partial charge < -0.3 is 19.7 Å². The van der Waals surface area contributed by atoms with Crippen LogP contribution >= 0.6 is 24.0 Å². The Kier molecular flexibility index (Phi) is 8.52. The highest BCUT2D eigenvalue weighted by Gasteiger charge is 2.14. The molecule has 0 aliphatic carbocycles. The first-order chi connectivity index (χ1) is 12.7. The van der Waals surface area contributed by atoms with E-state index in [1.54, 1.807) is 7.05 Å². The number of aliphatic imine (C=N–C) groups is 1. The minimum Gasteiger partial charge on any atom is -0.359 e. The molecule has 2 aromatic rings. The molecule has 2 aromatic heterocycles. The van der Waals surface area contributed by atoms with Gasteiger partial charge in [0.25, 0.3) is 0 Å². The van der Waals surface area contributed by atoms with Gasteiger partial charge in [0.1, 0.15) is 11.6 Å². The molecule has 0 saturated carbocycles. The fourth-order valence-electron chi connectivity index (χ4n) is 3.10. The van der Waals surface area contributed by atoms with Gasteiger partial charge in [-0.15, -0.1) is 34.2 Å². The SMILES string of the molecule is CN=C(NCCc1nnc2n1CCCCC2)NCc1cc(C(C)C)no1.I. The van der Waals surface area contributed by atoms with Crippen LogP contribution in [0.2, 0.25) is 0 Å². The molecule has 0 atom stereocenters. The predicted octanol–water partition coefficient (Wildman–Crippen LogP) is 2.64. The largest absolute Gasteiger partial charge is 0.359 e. The summed E-state index contributed by atoms with van der Waals surface area (Å²) in [5, 5.41) is 19.4. The average Bonchev–Trinajstić information content (AvgIpc) is 3.19. The van der Waals surface area contributed by atoms with Gasteiger partial charge in [-0.25, -0.2) is 0 Å². The number of hydrogen-bond acceptors (Lipinski definition) is 5. The van der Waals surface area contributed by atoms with Crippen LogP contribution in [-0.4, -0.2) is 39.5 Å². The van der Waals surface area contributed by atoms with Crippen LogP contribution in [0.3, 0.4) is 0 Å². The van der Waals surface area contributed by atoms with E-state index in [0.29, 0.717) is 12.5 Å². The van der Waals surface area contributed by atoms with Crippen LogP contribution in [0.15, 0.2) is 15.6 Å². The Morgan fingerprint density at radius 2 is 2.11 bits per heavy atom. The Morgan fingerprint density at radius 3 is 2.85 bits per heavy atom. The van der Waals surface area contributed by atoms with Crippen molar-refractivity contribution in [2.45, 2.75) is 65.0 Å². The van der Waals surface area contributed by atoms with Crippen molar-refractivity contribution in [3.8, 4) is 0 Å². The zero-order valence-electron chi connectivity index (χ0n) is 16.4. The molecule has 0 amide bonds. The van der Waals surface area contributed by atoms with Crippen molar-refractivity contribution in [2.75, 3.05) is 13.6 Å². The highest BCUT2D eigenvalue weighted by Crippen LogP contribution is 2.15. The van der Waals surface area contributed by atoms with Crippen LogP contribution in [0, 0.1) is 0 Å². The molecule has 3 rings (SSSR count). The van der Waals surface area contributed by atoms with E-state index >= 15 is 0 Å². The molecule has 150 valence electrons. The number of nitrogens with one attached hydrogen (secondary N) is 2. The number of guanidine groups is 1. The molecule has 3 heterocycles. The predicted molar refractivity (Wildman–Crippen MR) is 115 cm³/mol. The summed E-state index contributed by atoms with van der Waals surface area (Å²) in [6, 6.07) is 1.98. The van der Waals surface area contributed by atoms with Gasteiger partial charge in [-0.3, -0.25) is 4.99 Å². The molecule has 0 bridgehead atoms. The Morgan fingerprint density at radius 1 is 1.26 bits per heavy atom. The van der Waals surface area contributed by atoms with E-state index in [1.165, 1.54) is 19.3 Å². The van der Waals surface area contributed by atoms with Crippen molar-refractivity contribution in [3.05, 3.63) is 29.2 Å². The third-order valence-corrected chi connectivity index (χ3v) is 4.65. The molecule has 0 aromatic carbocycles. The Labute approximate surface area is 177 Å². The Balaban J connectivity index is 0.00000261. The van der Waals surface area contributed by atoms with Crippen LogP contribution in [0.5, 0.6) is 0 Å². The summed E-state index contributed by atoms with van der Waals surface area (Å²) in [5.41, 5.74) is 0.970. The van der Waals surface area contributed by atoms with Gasteiger partial charge in [0.2, 0.25) is 0 Å². The minimum atomic E-state index is 0. The zero-order chi connectivity index (χ0) is 18.4. The molecule has 2 N–H and O–H groups in total. The monoisotopic (exact) mass is 487 g/mol. The second-order valence-corrected chi connectivity index (χ2v) is 6.97. The van der Waals surface area contributed by atoms with Gasteiger partial charge in [0.15, 0.2) is 11.7 Å². The van der Waals surface area contributed by atoms with Crippen LogP contribution in [-0.2, 0) is 25.9 Å². The topological polar surface area (TPSA) is 93.2 Å². The van der Waals surface area contributed by atoms with E-state index in [-0.39, 0.29) is 24.0 Å². The first kappa shape index (κ1) is 21.6. The number of nitrogens with zero attached hydrogens (tertiary/aromatic N) is 5. The van der Waals surface area contributed by atoms with Crippen molar-refractivity contribution in [1.29, 1.82) is 0 Å². The molecular weight excluding hydrogens is 457 g/mol. The molecule has 8 nitrogen and oxygen atoms in total. The number of halogens is 1. The maximum atomic E-state index is 5.34. The van der Waals surface area contributed by atoms with Gasteiger partial charge in [0, 0.05) is 39.0 Å². The number of fused-ring (bicyclic) bond motifs is 1. The first-order valence-corrected chi connectivity index (χ1v) is 9.48. The summed E-state index contributed by atoms with van der Waals surface area (Å²) in [7, 11) is 1.76. The lowest BCUT2D eigenvalue weighted by Gasteiger charge is -2.11. The summed E-state index contributed by atoms with van der Waals surface area (Å²) >= 11 is 0. The Bertz CT molecular complexity index is 738. The molecule has 1 aliphatic rings. The third-order valence-electron chi connectivity index (χ3n) is 4.65. The van der Waals surface area contributed by atoms with Crippen LogP contribution in [0.25, 0.3) is 0 Å².